The molecule has 0 atom stereocenters. The largest absolute Gasteiger partial charge is 0.455 e. The first-order valence-corrected chi connectivity index (χ1v) is 8.42. The van der Waals surface area contributed by atoms with Gasteiger partial charge in [0.05, 0.1) is 12.0 Å². The molecule has 0 spiro atoms. The van der Waals surface area contributed by atoms with Gasteiger partial charge >= 0.3 is 12.1 Å². The molecule has 0 radical (unpaired) electrons. The molecule has 7 heteroatoms. The van der Waals surface area contributed by atoms with Crippen LogP contribution in [0, 0.1) is 0 Å². The lowest BCUT2D eigenvalue weighted by Gasteiger charge is -2.09. The van der Waals surface area contributed by atoms with Gasteiger partial charge in [0.15, 0.2) is 6.61 Å². The second kappa shape index (κ2) is 8.12. The van der Waals surface area contributed by atoms with E-state index in [0.717, 1.165) is 22.9 Å². The number of carbonyl (C=O) groups excluding carboxylic acids is 2. The lowest BCUT2D eigenvalue weighted by Crippen LogP contribution is -2.21. The Morgan fingerprint density at radius 1 is 0.893 bits per heavy atom. The summed E-state index contributed by atoms with van der Waals surface area (Å²) < 4.78 is 42.9. The van der Waals surface area contributed by atoms with Crippen LogP contribution >= 0.6 is 0 Å². The van der Waals surface area contributed by atoms with E-state index >= 15 is 0 Å². The summed E-state index contributed by atoms with van der Waals surface area (Å²) in [5.41, 5.74) is -0.126. The molecule has 0 aromatic heterocycles. The number of rotatable bonds is 5. The molecule has 3 aromatic carbocycles. The fourth-order valence-corrected chi connectivity index (χ4v) is 2.69. The summed E-state index contributed by atoms with van der Waals surface area (Å²) in [5.74, 6) is -1.32. The van der Waals surface area contributed by atoms with E-state index in [-0.39, 0.29) is 12.0 Å². The van der Waals surface area contributed by atoms with Gasteiger partial charge in [0.2, 0.25) is 0 Å². The van der Waals surface area contributed by atoms with Gasteiger partial charge in [-0.05, 0) is 34.5 Å². The summed E-state index contributed by atoms with van der Waals surface area (Å²) in [6, 6.07) is 17.4. The van der Waals surface area contributed by atoms with E-state index in [1.807, 2.05) is 30.3 Å². The van der Waals surface area contributed by atoms with Gasteiger partial charge in [-0.15, -0.1) is 0 Å². The summed E-state index contributed by atoms with van der Waals surface area (Å²) in [4.78, 5) is 23.8. The summed E-state index contributed by atoms with van der Waals surface area (Å²) >= 11 is 0. The Labute approximate surface area is 158 Å². The van der Waals surface area contributed by atoms with E-state index in [0.29, 0.717) is 5.69 Å². The summed E-state index contributed by atoms with van der Waals surface area (Å²) in [6.07, 6.45) is -4.84. The van der Waals surface area contributed by atoms with Gasteiger partial charge in [0.25, 0.3) is 5.91 Å². The summed E-state index contributed by atoms with van der Waals surface area (Å²) in [7, 11) is 0. The Balaban J connectivity index is 1.53. The van der Waals surface area contributed by atoms with Crippen molar-refractivity contribution >= 4 is 28.3 Å². The van der Waals surface area contributed by atoms with Crippen LogP contribution in [0.5, 0.6) is 0 Å². The van der Waals surface area contributed by atoms with Crippen molar-refractivity contribution in [1.82, 2.24) is 0 Å². The van der Waals surface area contributed by atoms with Gasteiger partial charge in [-0.3, -0.25) is 9.59 Å². The maximum absolute atomic E-state index is 12.7. The highest BCUT2D eigenvalue weighted by Gasteiger charge is 2.30. The van der Waals surface area contributed by atoms with Crippen molar-refractivity contribution in [3.63, 3.8) is 0 Å². The molecule has 0 saturated carbocycles. The van der Waals surface area contributed by atoms with E-state index in [1.165, 1.54) is 12.1 Å². The van der Waals surface area contributed by atoms with Crippen LogP contribution in [-0.4, -0.2) is 18.5 Å². The molecule has 3 aromatic rings. The van der Waals surface area contributed by atoms with Crippen molar-refractivity contribution in [3.8, 4) is 0 Å². The first-order valence-electron chi connectivity index (χ1n) is 8.42. The number of halogens is 3. The Hall–Kier alpha value is -3.35. The zero-order valence-corrected chi connectivity index (χ0v) is 14.6. The maximum Gasteiger partial charge on any atom is 0.416 e. The smallest absolute Gasteiger partial charge is 0.416 e. The first kappa shape index (κ1) is 19.4. The zero-order valence-electron chi connectivity index (χ0n) is 14.6. The van der Waals surface area contributed by atoms with E-state index in [1.54, 1.807) is 12.1 Å². The molecule has 0 aliphatic heterocycles. The highest BCUT2D eigenvalue weighted by molar-refractivity contribution is 5.95. The minimum atomic E-state index is -4.49. The van der Waals surface area contributed by atoms with E-state index in [9.17, 15) is 22.8 Å². The predicted molar refractivity (Wildman–Crippen MR) is 98.7 cm³/mol. The molecule has 1 N–H and O–H groups in total. The standard InChI is InChI=1S/C21H16F3NO3/c22-21(23,24)17-7-3-4-14(10-17)11-20(27)28-13-19(26)25-18-9-8-15-5-1-2-6-16(15)12-18/h1-10,12H,11,13H2,(H,25,26). The van der Waals surface area contributed by atoms with Crippen LogP contribution in [0.15, 0.2) is 66.7 Å². The van der Waals surface area contributed by atoms with Gasteiger partial charge < -0.3 is 10.1 Å². The molecule has 0 aliphatic rings. The van der Waals surface area contributed by atoms with Crippen molar-refractivity contribution in [2.75, 3.05) is 11.9 Å². The monoisotopic (exact) mass is 387 g/mol. The molecule has 1 amide bonds. The van der Waals surface area contributed by atoms with Gasteiger partial charge in [0.1, 0.15) is 0 Å². The third-order valence-corrected chi connectivity index (χ3v) is 4.00. The number of benzene rings is 3. The topological polar surface area (TPSA) is 55.4 Å². The van der Waals surface area contributed by atoms with Crippen LogP contribution in [-0.2, 0) is 26.9 Å². The number of amides is 1. The molecule has 28 heavy (non-hydrogen) atoms. The number of hydrogen-bond acceptors (Lipinski definition) is 3. The average Bonchev–Trinajstić information content (AvgIpc) is 2.66. The summed E-state index contributed by atoms with van der Waals surface area (Å²) in [5, 5.41) is 4.58. The number of alkyl halides is 3. The third kappa shape index (κ3) is 5.09. The second-order valence-corrected chi connectivity index (χ2v) is 6.15. The van der Waals surface area contributed by atoms with E-state index in [4.69, 9.17) is 4.74 Å². The third-order valence-electron chi connectivity index (χ3n) is 4.00. The first-order chi connectivity index (χ1) is 13.3. The van der Waals surface area contributed by atoms with Crippen LogP contribution in [0.3, 0.4) is 0 Å². The molecule has 0 unspecified atom stereocenters. The van der Waals surface area contributed by atoms with Gasteiger partial charge in [-0.25, -0.2) is 0 Å². The average molecular weight is 387 g/mol. The Bertz CT molecular complexity index is 1010. The molecular weight excluding hydrogens is 371 g/mol. The molecule has 0 bridgehead atoms. The number of fused-ring (bicyclic) bond motifs is 1. The molecule has 4 nitrogen and oxygen atoms in total. The minimum absolute atomic E-state index is 0.162. The van der Waals surface area contributed by atoms with Crippen LogP contribution < -0.4 is 5.32 Å². The molecule has 144 valence electrons. The van der Waals surface area contributed by atoms with E-state index in [2.05, 4.69) is 5.32 Å². The molecule has 0 aliphatic carbocycles. The van der Waals surface area contributed by atoms with Crippen LogP contribution in [0.1, 0.15) is 11.1 Å². The van der Waals surface area contributed by atoms with Gasteiger partial charge in [-0.2, -0.15) is 13.2 Å². The molecule has 0 saturated heterocycles. The van der Waals surface area contributed by atoms with Crippen molar-refractivity contribution in [3.05, 3.63) is 77.9 Å². The Morgan fingerprint density at radius 2 is 1.64 bits per heavy atom. The van der Waals surface area contributed by atoms with Crippen molar-refractivity contribution in [1.29, 1.82) is 0 Å². The second-order valence-electron chi connectivity index (χ2n) is 6.15. The Morgan fingerprint density at radius 3 is 2.39 bits per heavy atom. The Kier molecular flexibility index (Phi) is 5.63. The number of esters is 1. The zero-order chi connectivity index (χ0) is 20.1. The van der Waals surface area contributed by atoms with Crippen molar-refractivity contribution in [2.45, 2.75) is 12.6 Å². The fourth-order valence-electron chi connectivity index (χ4n) is 2.69. The van der Waals surface area contributed by atoms with Gasteiger partial charge in [0, 0.05) is 5.69 Å². The normalized spacial score (nSPS) is 11.2. The van der Waals surface area contributed by atoms with Gasteiger partial charge in [-0.1, -0.05) is 48.5 Å². The maximum atomic E-state index is 12.7. The SMILES string of the molecule is O=C(COC(=O)Cc1cccc(C(F)(F)F)c1)Nc1ccc2ccccc2c1. The van der Waals surface area contributed by atoms with Crippen LogP contribution in [0.2, 0.25) is 0 Å². The number of ether oxygens (including phenoxy) is 1. The predicted octanol–water partition coefficient (Wildman–Crippen LogP) is 4.58. The molecular formula is C21H16F3NO3. The quantitative estimate of drug-likeness (QED) is 0.652. The number of carbonyl (C=O) groups is 2. The highest BCUT2D eigenvalue weighted by Crippen LogP contribution is 2.29. The number of nitrogens with one attached hydrogen (secondary N) is 1. The summed E-state index contributed by atoms with van der Waals surface area (Å²) in [6.45, 7) is -0.523. The van der Waals surface area contributed by atoms with Crippen LogP contribution in [0.25, 0.3) is 10.8 Å². The number of hydrogen-bond donors (Lipinski definition) is 1. The molecule has 0 heterocycles. The molecule has 3 rings (SSSR count). The number of anilines is 1. The van der Waals surface area contributed by atoms with Crippen LogP contribution in [0.4, 0.5) is 18.9 Å². The highest BCUT2D eigenvalue weighted by atomic mass is 19.4. The van der Waals surface area contributed by atoms with Crippen molar-refractivity contribution in [2.24, 2.45) is 0 Å². The molecule has 0 fully saturated rings. The minimum Gasteiger partial charge on any atom is -0.455 e. The van der Waals surface area contributed by atoms with E-state index < -0.39 is 30.2 Å². The lowest BCUT2D eigenvalue weighted by atomic mass is 10.1. The lowest BCUT2D eigenvalue weighted by molar-refractivity contribution is -0.146. The fraction of sp³-hybridized carbons (Fsp3) is 0.143. The van der Waals surface area contributed by atoms with Crippen molar-refractivity contribution < 1.29 is 27.5 Å².